The van der Waals surface area contributed by atoms with Crippen LogP contribution in [0.5, 0.6) is 0 Å². The summed E-state index contributed by atoms with van der Waals surface area (Å²) in [6.45, 7) is 1.93. The standard InChI is InChI=1S/C18H37.C10H15N3O5.Na.H3O4P/c1-3-5-7-9-11-13-15-17-18-16-14-12-10-8-6-4-2;11-7-1-2-13(10(17)12-7)3-5-8(15)9(16)6(4-14)18-5;;1-5(2,3)4/h1,3-18H2,2H3;1-2,5-6,8-9,14-16H,3-4H2,(H2,11,12,17);;(H3,1,2,3,4)/t;5-,6+,8-,9+;;/m.0../s1. The van der Waals surface area contributed by atoms with Crippen molar-refractivity contribution in [2.45, 2.75) is 144 Å². The Morgan fingerprint density at radius 2 is 1.26 bits per heavy atom. The van der Waals surface area contributed by atoms with E-state index in [0.717, 1.165) is 0 Å². The van der Waals surface area contributed by atoms with E-state index in [9.17, 15) is 15.0 Å². The Hall–Kier alpha value is -0.370. The van der Waals surface area contributed by atoms with Gasteiger partial charge < -0.3 is 40.5 Å². The molecule has 0 saturated carbocycles. The Labute approximate surface area is 268 Å². The monoisotopic (exact) mass is 631 g/mol. The first-order valence-corrected chi connectivity index (χ1v) is 18.7. The molecule has 1 aliphatic rings. The van der Waals surface area contributed by atoms with E-state index in [1.54, 1.807) is 0 Å². The zero-order valence-electron chi connectivity index (χ0n) is 25.7. The number of rotatable bonds is 19. The fourth-order valence-corrected chi connectivity index (χ4v) is 5.20. The minimum atomic E-state index is -4.64. The summed E-state index contributed by atoms with van der Waals surface area (Å²) in [5.74, 6) is 0.109. The zero-order chi connectivity index (χ0) is 31.8. The first kappa shape index (κ1) is 41.6. The van der Waals surface area contributed by atoms with Gasteiger partial charge in [0.25, 0.3) is 0 Å². The van der Waals surface area contributed by atoms with Crippen LogP contribution < -0.4 is 11.4 Å². The molecule has 0 aromatic carbocycles. The van der Waals surface area contributed by atoms with Gasteiger partial charge >= 0.3 is 116 Å². The Bertz CT molecular complexity index is 866. The number of aliphatic hydroxyl groups is 3. The molecular weight excluding hydrogens is 576 g/mol. The second kappa shape index (κ2) is 25.9. The molecule has 12 nitrogen and oxygen atoms in total. The third kappa shape index (κ3) is 23.1. The second-order valence-electron chi connectivity index (χ2n) is 11.0. The molecule has 242 valence electrons. The zero-order valence-corrected chi connectivity index (χ0v) is 28.6. The van der Waals surface area contributed by atoms with E-state index in [0.29, 0.717) is 0 Å². The van der Waals surface area contributed by atoms with Crippen molar-refractivity contribution in [3.05, 3.63) is 22.7 Å². The van der Waals surface area contributed by atoms with Crippen LogP contribution in [0.2, 0.25) is 3.67 Å². The molecule has 1 aliphatic heterocycles. The summed E-state index contributed by atoms with van der Waals surface area (Å²) in [7, 11) is -4.64. The number of nitrogen functional groups attached to an aromatic ring is 1. The third-order valence-corrected chi connectivity index (χ3v) is 7.83. The number of unbranched alkanes of at least 4 members (excludes halogenated alkanes) is 15. The largest absolute Gasteiger partial charge is 0.466 e. The van der Waals surface area contributed by atoms with Gasteiger partial charge in [-0.05, 0) is 6.07 Å². The van der Waals surface area contributed by atoms with E-state index in [4.69, 9.17) is 34.8 Å². The molecule has 1 saturated heterocycles. The normalized spacial score (nSPS) is 20.0. The molecule has 0 spiro atoms. The fourth-order valence-electron chi connectivity index (χ4n) is 4.70. The predicted octanol–water partition coefficient (Wildman–Crippen LogP) is 3.21. The van der Waals surface area contributed by atoms with Crippen LogP contribution in [0.3, 0.4) is 0 Å². The summed E-state index contributed by atoms with van der Waals surface area (Å²) < 4.78 is 16.9. The van der Waals surface area contributed by atoms with Gasteiger partial charge in [0.2, 0.25) is 0 Å². The molecule has 14 heteroatoms. The van der Waals surface area contributed by atoms with Crippen molar-refractivity contribution in [2.24, 2.45) is 0 Å². The average Bonchev–Trinajstić information content (AvgIpc) is 3.19. The van der Waals surface area contributed by atoms with Crippen molar-refractivity contribution in [2.75, 3.05) is 12.3 Å². The number of aromatic nitrogens is 2. The summed E-state index contributed by atoms with van der Waals surface area (Å²) >= 11 is 1.41. The van der Waals surface area contributed by atoms with Crippen LogP contribution in [0.15, 0.2) is 17.1 Å². The predicted molar refractivity (Wildman–Crippen MR) is 165 cm³/mol. The maximum absolute atomic E-state index is 11.5. The number of hydrogen-bond donors (Lipinski definition) is 7. The fraction of sp³-hybridized carbons (Fsp3) is 0.857. The minimum absolute atomic E-state index is 0.0286. The molecule has 2 rings (SSSR count). The first-order valence-electron chi connectivity index (χ1n) is 15.7. The molecule has 8 N–H and O–H groups in total. The van der Waals surface area contributed by atoms with E-state index in [1.165, 1.54) is 151 Å². The van der Waals surface area contributed by atoms with Crippen molar-refractivity contribution in [3.63, 3.8) is 0 Å². The van der Waals surface area contributed by atoms with Crippen LogP contribution in [0.1, 0.15) is 110 Å². The molecule has 0 bridgehead atoms. The summed E-state index contributed by atoms with van der Waals surface area (Å²) in [4.78, 5) is 36.6. The van der Waals surface area contributed by atoms with Crippen LogP contribution >= 0.6 is 7.82 Å². The van der Waals surface area contributed by atoms with Crippen molar-refractivity contribution in [3.8, 4) is 0 Å². The van der Waals surface area contributed by atoms with Gasteiger partial charge in [-0.3, -0.25) is 4.57 Å². The summed E-state index contributed by atoms with van der Waals surface area (Å²) in [5, 5.41) is 28.2. The first-order chi connectivity index (χ1) is 19.9. The summed E-state index contributed by atoms with van der Waals surface area (Å²) in [6, 6.07) is 1.45. The minimum Gasteiger partial charge on any atom is -0.394 e. The molecule has 0 amide bonds. The van der Waals surface area contributed by atoms with Crippen LogP contribution in [0.4, 0.5) is 5.82 Å². The Kier molecular flexibility index (Phi) is 25.7. The van der Waals surface area contributed by atoms with E-state index < -0.39 is 44.5 Å². The quantitative estimate of drug-likeness (QED) is 0.0670. The van der Waals surface area contributed by atoms with Gasteiger partial charge in [0.1, 0.15) is 30.2 Å². The maximum Gasteiger partial charge on any atom is 0.466 e. The van der Waals surface area contributed by atoms with E-state index >= 15 is 0 Å². The molecule has 1 aromatic heterocycles. The summed E-state index contributed by atoms with van der Waals surface area (Å²) in [6.07, 6.45) is 21.2. The number of aliphatic hydroxyl groups excluding tert-OH is 3. The van der Waals surface area contributed by atoms with Gasteiger partial charge in [0.15, 0.2) is 0 Å². The number of nitrogens with two attached hydrogens (primary N) is 1. The van der Waals surface area contributed by atoms with E-state index in [-0.39, 0.29) is 12.4 Å². The van der Waals surface area contributed by atoms with Gasteiger partial charge in [-0.15, -0.1) is 0 Å². The van der Waals surface area contributed by atoms with Crippen molar-refractivity contribution in [1.82, 2.24) is 9.55 Å². The van der Waals surface area contributed by atoms with Crippen molar-refractivity contribution < 1.29 is 39.3 Å². The Morgan fingerprint density at radius 1 is 0.857 bits per heavy atom. The number of phosphoric acid groups is 1. The van der Waals surface area contributed by atoms with Gasteiger partial charge in [-0.1, -0.05) is 39.0 Å². The number of hydrogen-bond acceptors (Lipinski definition) is 8. The van der Waals surface area contributed by atoms with Crippen molar-refractivity contribution in [1.29, 1.82) is 0 Å². The third-order valence-electron chi connectivity index (χ3n) is 7.12. The Morgan fingerprint density at radius 3 is 1.62 bits per heavy atom. The molecule has 2 heterocycles. The molecule has 0 radical (unpaired) electrons. The van der Waals surface area contributed by atoms with Crippen LogP contribution in [-0.4, -0.2) is 98.5 Å². The Balaban J connectivity index is 0.000000690. The van der Waals surface area contributed by atoms with Crippen molar-refractivity contribution >= 4 is 41.6 Å². The molecule has 42 heavy (non-hydrogen) atoms. The summed E-state index contributed by atoms with van der Waals surface area (Å²) in [5.41, 5.74) is 4.79. The van der Waals surface area contributed by atoms with E-state index in [1.807, 2.05) is 0 Å². The number of ether oxygens (including phenoxy) is 1. The number of anilines is 1. The molecule has 0 unspecified atom stereocenters. The van der Waals surface area contributed by atoms with Crippen LogP contribution in [0.25, 0.3) is 0 Å². The van der Waals surface area contributed by atoms with Crippen LogP contribution in [-0.2, 0) is 15.8 Å². The molecule has 1 aromatic rings. The van der Waals surface area contributed by atoms with Gasteiger partial charge in [-0.25, -0.2) is 9.36 Å². The molecule has 0 aliphatic carbocycles. The average molecular weight is 632 g/mol. The topological polar surface area (TPSA) is 209 Å². The van der Waals surface area contributed by atoms with Crippen LogP contribution in [0, 0.1) is 0 Å². The maximum atomic E-state index is 11.5. The molecule has 4 atom stereocenters. The van der Waals surface area contributed by atoms with Gasteiger partial charge in [0, 0.05) is 6.20 Å². The van der Waals surface area contributed by atoms with Gasteiger partial charge in [0.05, 0.1) is 13.2 Å². The number of nitrogens with zero attached hydrogens (tertiary/aromatic N) is 2. The molecular formula is C28H55N3NaO9P. The van der Waals surface area contributed by atoms with Gasteiger partial charge in [-0.2, -0.15) is 4.98 Å². The smallest absolute Gasteiger partial charge is 0.394 e. The SMILES string of the molecule is CCCCCCCCCCCCCCCCC[CH2][Na].Nc1ccn(C[C@@H]2O[C@H](CO)[C@@H](O)[C@H]2O)c(=O)n1.O=P(O)(O)O. The second-order valence-corrected chi connectivity index (χ2v) is 13.0. The molecule has 1 fully saturated rings. The van der Waals surface area contributed by atoms with E-state index in [2.05, 4.69) is 11.9 Å².